The highest BCUT2D eigenvalue weighted by Gasteiger charge is 2.02. The van der Waals surface area contributed by atoms with E-state index in [0.29, 0.717) is 12.5 Å². The lowest BCUT2D eigenvalue weighted by molar-refractivity contribution is 0.257. The summed E-state index contributed by atoms with van der Waals surface area (Å²) in [5, 5.41) is 2.34. The summed E-state index contributed by atoms with van der Waals surface area (Å²) >= 11 is 0. The van der Waals surface area contributed by atoms with Crippen molar-refractivity contribution in [1.29, 1.82) is 0 Å². The summed E-state index contributed by atoms with van der Waals surface area (Å²) < 4.78 is 5.82. The maximum Gasteiger partial charge on any atom is 0.119 e. The third kappa shape index (κ3) is 3.76. The Labute approximate surface area is 120 Å². The van der Waals surface area contributed by atoms with E-state index in [2.05, 4.69) is 50.0 Å². The van der Waals surface area contributed by atoms with Gasteiger partial charge in [-0.05, 0) is 41.0 Å². The molecule has 2 nitrogen and oxygen atoms in total. The van der Waals surface area contributed by atoms with Crippen molar-refractivity contribution in [2.45, 2.75) is 20.3 Å². The number of fused-ring (bicyclic) bond motifs is 1. The maximum atomic E-state index is 5.82. The van der Waals surface area contributed by atoms with Crippen LogP contribution in [0.1, 0.15) is 25.8 Å². The van der Waals surface area contributed by atoms with Crippen LogP contribution in [-0.2, 0) is 0 Å². The number of hydrogen-bond acceptors (Lipinski definition) is 2. The third-order valence-corrected chi connectivity index (χ3v) is 3.38. The second-order valence-corrected chi connectivity index (χ2v) is 5.05. The van der Waals surface area contributed by atoms with Crippen LogP contribution in [-0.4, -0.2) is 13.2 Å². The lowest BCUT2D eigenvalue weighted by atomic mass is 10.1. The molecule has 2 rings (SSSR count). The van der Waals surface area contributed by atoms with E-state index in [1.54, 1.807) is 0 Å². The highest BCUT2D eigenvalue weighted by atomic mass is 16.5. The first-order valence-electron chi connectivity index (χ1n) is 7.08. The average molecular weight is 267 g/mol. The summed E-state index contributed by atoms with van der Waals surface area (Å²) in [7, 11) is 0. The monoisotopic (exact) mass is 267 g/mol. The first-order chi connectivity index (χ1) is 9.72. The zero-order chi connectivity index (χ0) is 14.4. The fourth-order valence-corrected chi connectivity index (χ4v) is 1.90. The van der Waals surface area contributed by atoms with E-state index >= 15 is 0 Å². The van der Waals surface area contributed by atoms with Gasteiger partial charge in [0.05, 0.1) is 13.2 Å². The topological polar surface area (TPSA) is 35.2 Å². The molecule has 20 heavy (non-hydrogen) atoms. The van der Waals surface area contributed by atoms with E-state index in [-0.39, 0.29) is 0 Å². The van der Waals surface area contributed by atoms with Crippen molar-refractivity contribution < 1.29 is 4.74 Å². The van der Waals surface area contributed by atoms with Crippen molar-refractivity contribution in [3.05, 3.63) is 42.0 Å². The molecule has 0 amide bonds. The van der Waals surface area contributed by atoms with Crippen LogP contribution in [0.3, 0.4) is 0 Å². The molecule has 0 spiro atoms. The summed E-state index contributed by atoms with van der Waals surface area (Å²) in [6.07, 6.45) is 1.14. The zero-order valence-electron chi connectivity index (χ0n) is 12.1. The molecule has 1 unspecified atom stereocenters. The summed E-state index contributed by atoms with van der Waals surface area (Å²) in [5.74, 6) is 7.44. The van der Waals surface area contributed by atoms with Gasteiger partial charge in [0, 0.05) is 5.56 Å². The fraction of sp³-hybridized carbons (Fsp3) is 0.333. The minimum Gasteiger partial charge on any atom is -0.493 e. The van der Waals surface area contributed by atoms with Crippen molar-refractivity contribution in [2.75, 3.05) is 13.2 Å². The van der Waals surface area contributed by atoms with Crippen LogP contribution in [0.4, 0.5) is 0 Å². The highest BCUT2D eigenvalue weighted by Crippen LogP contribution is 2.22. The SMILES string of the molecule is CCC(C)COc1ccc2cc(C#CCN)ccc2c1. The quantitative estimate of drug-likeness (QED) is 0.859. The second-order valence-electron chi connectivity index (χ2n) is 5.05. The zero-order valence-corrected chi connectivity index (χ0v) is 12.1. The van der Waals surface area contributed by atoms with Crippen molar-refractivity contribution >= 4 is 10.8 Å². The molecule has 0 aliphatic carbocycles. The predicted molar refractivity (Wildman–Crippen MR) is 84.8 cm³/mol. The van der Waals surface area contributed by atoms with Gasteiger partial charge in [0.25, 0.3) is 0 Å². The lowest BCUT2D eigenvalue weighted by Crippen LogP contribution is -2.06. The second kappa shape index (κ2) is 6.98. The molecule has 0 bridgehead atoms. The molecule has 1 atom stereocenters. The lowest BCUT2D eigenvalue weighted by Gasteiger charge is -2.11. The van der Waals surface area contributed by atoms with Crippen molar-refractivity contribution in [3.8, 4) is 17.6 Å². The molecule has 104 valence electrons. The summed E-state index contributed by atoms with van der Waals surface area (Å²) in [6.45, 7) is 5.53. The Morgan fingerprint density at radius 1 is 1.15 bits per heavy atom. The van der Waals surface area contributed by atoms with Gasteiger partial charge in [-0.25, -0.2) is 0 Å². The predicted octanol–water partition coefficient (Wildman–Crippen LogP) is 3.57. The molecule has 2 aromatic carbocycles. The summed E-state index contributed by atoms with van der Waals surface area (Å²) in [4.78, 5) is 0. The minimum absolute atomic E-state index is 0.389. The van der Waals surface area contributed by atoms with Gasteiger partial charge in [-0.2, -0.15) is 0 Å². The van der Waals surface area contributed by atoms with Crippen LogP contribution in [0.2, 0.25) is 0 Å². The highest BCUT2D eigenvalue weighted by molar-refractivity contribution is 5.85. The van der Waals surface area contributed by atoms with Gasteiger partial charge in [-0.15, -0.1) is 0 Å². The van der Waals surface area contributed by atoms with Gasteiger partial charge in [-0.3, -0.25) is 0 Å². The van der Waals surface area contributed by atoms with Gasteiger partial charge >= 0.3 is 0 Å². The molecule has 2 heteroatoms. The molecule has 0 heterocycles. The normalized spacial score (nSPS) is 11.8. The number of ether oxygens (including phenoxy) is 1. The van der Waals surface area contributed by atoms with E-state index in [4.69, 9.17) is 10.5 Å². The van der Waals surface area contributed by atoms with Crippen molar-refractivity contribution in [2.24, 2.45) is 11.7 Å². The van der Waals surface area contributed by atoms with Crippen molar-refractivity contribution in [3.63, 3.8) is 0 Å². The molecule has 0 aliphatic rings. The molecule has 2 aromatic rings. The van der Waals surface area contributed by atoms with Crippen LogP contribution in [0.15, 0.2) is 36.4 Å². The standard InChI is InChI=1S/C18H21NO/c1-3-14(2)13-20-18-9-8-16-11-15(5-4-10-19)6-7-17(16)12-18/h6-9,11-12,14H,3,10,13,19H2,1-2H3. The first-order valence-corrected chi connectivity index (χ1v) is 7.08. The summed E-state index contributed by atoms with van der Waals surface area (Å²) in [5.41, 5.74) is 6.38. The molecule has 2 N–H and O–H groups in total. The van der Waals surface area contributed by atoms with E-state index in [1.165, 1.54) is 10.8 Å². The minimum atomic E-state index is 0.389. The molecule has 0 radical (unpaired) electrons. The Bertz CT molecular complexity index is 637. The third-order valence-electron chi connectivity index (χ3n) is 3.38. The molecule has 0 saturated heterocycles. The fourth-order valence-electron chi connectivity index (χ4n) is 1.90. The number of benzene rings is 2. The largest absolute Gasteiger partial charge is 0.493 e. The number of nitrogens with two attached hydrogens (primary N) is 1. The Kier molecular flexibility index (Phi) is 5.03. The van der Waals surface area contributed by atoms with Crippen LogP contribution < -0.4 is 10.5 Å². The Hall–Kier alpha value is -1.98. The first kappa shape index (κ1) is 14.4. The van der Waals surface area contributed by atoms with E-state index in [9.17, 15) is 0 Å². The smallest absolute Gasteiger partial charge is 0.119 e. The molecular formula is C18H21NO. The Balaban J connectivity index is 2.18. The molecule has 0 fully saturated rings. The number of rotatable bonds is 4. The van der Waals surface area contributed by atoms with Gasteiger partial charge in [-0.1, -0.05) is 44.2 Å². The number of hydrogen-bond donors (Lipinski definition) is 1. The maximum absolute atomic E-state index is 5.82. The van der Waals surface area contributed by atoms with Crippen molar-refractivity contribution in [1.82, 2.24) is 0 Å². The molecule has 0 aromatic heterocycles. The molecule has 0 saturated carbocycles. The Morgan fingerprint density at radius 3 is 2.65 bits per heavy atom. The van der Waals surface area contributed by atoms with E-state index in [1.807, 2.05) is 12.1 Å². The van der Waals surface area contributed by atoms with Crippen LogP contribution in [0, 0.1) is 17.8 Å². The van der Waals surface area contributed by atoms with Crippen LogP contribution in [0.5, 0.6) is 5.75 Å². The molecular weight excluding hydrogens is 246 g/mol. The van der Waals surface area contributed by atoms with Gasteiger partial charge in [0.15, 0.2) is 0 Å². The van der Waals surface area contributed by atoms with Crippen LogP contribution >= 0.6 is 0 Å². The van der Waals surface area contributed by atoms with Gasteiger partial charge < -0.3 is 10.5 Å². The van der Waals surface area contributed by atoms with Gasteiger partial charge in [0.2, 0.25) is 0 Å². The summed E-state index contributed by atoms with van der Waals surface area (Å²) in [6, 6.07) is 12.4. The van der Waals surface area contributed by atoms with Crippen LogP contribution in [0.25, 0.3) is 10.8 Å². The molecule has 0 aliphatic heterocycles. The van der Waals surface area contributed by atoms with E-state index < -0.39 is 0 Å². The average Bonchev–Trinajstić information content (AvgIpc) is 2.50. The van der Waals surface area contributed by atoms with Gasteiger partial charge in [0.1, 0.15) is 5.75 Å². The Morgan fingerprint density at radius 2 is 1.90 bits per heavy atom. The van der Waals surface area contributed by atoms with E-state index in [0.717, 1.165) is 24.3 Å².